The van der Waals surface area contributed by atoms with Gasteiger partial charge in [-0.3, -0.25) is 0 Å². The topological polar surface area (TPSA) is 71.1 Å². The summed E-state index contributed by atoms with van der Waals surface area (Å²) in [7, 11) is 1.58. The van der Waals surface area contributed by atoms with E-state index in [2.05, 4.69) is 5.32 Å². The lowest BCUT2D eigenvalue weighted by Crippen LogP contribution is -1.97. The Labute approximate surface area is 116 Å². The third-order valence-electron chi connectivity index (χ3n) is 2.63. The van der Waals surface area contributed by atoms with Crippen molar-refractivity contribution in [3.8, 4) is 11.8 Å². The number of halogens is 1. The zero-order valence-electron chi connectivity index (χ0n) is 10.3. The Morgan fingerprint density at radius 1 is 1.21 bits per heavy atom. The maximum atomic E-state index is 8.78. The predicted molar refractivity (Wildman–Crippen MR) is 76.9 cm³/mol. The maximum Gasteiger partial charge on any atom is 0.121 e. The molecule has 0 aliphatic heterocycles. The van der Waals surface area contributed by atoms with Crippen molar-refractivity contribution in [3.05, 3.63) is 47.0 Å². The quantitative estimate of drug-likeness (QED) is 0.839. The van der Waals surface area contributed by atoms with Crippen LogP contribution in [0.1, 0.15) is 5.56 Å². The van der Waals surface area contributed by atoms with Crippen molar-refractivity contribution in [3.63, 3.8) is 0 Å². The van der Waals surface area contributed by atoms with E-state index in [9.17, 15) is 0 Å². The van der Waals surface area contributed by atoms with E-state index in [0.29, 0.717) is 27.7 Å². The van der Waals surface area contributed by atoms with Gasteiger partial charge in [-0.1, -0.05) is 11.6 Å². The molecule has 19 heavy (non-hydrogen) atoms. The Morgan fingerprint density at radius 2 is 1.95 bits per heavy atom. The number of hydrogen-bond acceptors (Lipinski definition) is 4. The maximum absolute atomic E-state index is 8.78. The summed E-state index contributed by atoms with van der Waals surface area (Å²) in [5.74, 6) is 0.689. The smallest absolute Gasteiger partial charge is 0.121 e. The minimum Gasteiger partial charge on any atom is -0.497 e. The minimum atomic E-state index is 0.467. The summed E-state index contributed by atoms with van der Waals surface area (Å²) < 4.78 is 5.08. The molecule has 0 amide bonds. The average Bonchev–Trinajstić information content (AvgIpc) is 2.42. The lowest BCUT2D eigenvalue weighted by Gasteiger charge is -2.12. The number of methoxy groups -OCH3 is 1. The van der Waals surface area contributed by atoms with Crippen LogP contribution >= 0.6 is 11.6 Å². The van der Waals surface area contributed by atoms with Gasteiger partial charge in [-0.05, 0) is 30.3 Å². The van der Waals surface area contributed by atoms with E-state index < -0.39 is 0 Å². The van der Waals surface area contributed by atoms with Crippen LogP contribution < -0.4 is 15.8 Å². The highest BCUT2D eigenvalue weighted by Crippen LogP contribution is 2.31. The molecule has 0 saturated carbocycles. The van der Waals surface area contributed by atoms with Crippen molar-refractivity contribution < 1.29 is 4.74 Å². The van der Waals surface area contributed by atoms with Crippen molar-refractivity contribution in [2.45, 2.75) is 0 Å². The van der Waals surface area contributed by atoms with Gasteiger partial charge < -0.3 is 15.8 Å². The molecule has 96 valence electrons. The van der Waals surface area contributed by atoms with Gasteiger partial charge in [0.1, 0.15) is 5.75 Å². The van der Waals surface area contributed by atoms with Gasteiger partial charge in [-0.25, -0.2) is 0 Å². The predicted octanol–water partition coefficient (Wildman–Crippen LogP) is 3.55. The first-order valence-electron chi connectivity index (χ1n) is 5.54. The molecule has 2 rings (SSSR count). The van der Waals surface area contributed by atoms with Gasteiger partial charge in [0.2, 0.25) is 0 Å². The molecule has 4 nitrogen and oxygen atoms in total. The van der Waals surface area contributed by atoms with E-state index >= 15 is 0 Å². The highest BCUT2D eigenvalue weighted by Gasteiger charge is 2.05. The first-order valence-corrected chi connectivity index (χ1v) is 5.92. The van der Waals surface area contributed by atoms with E-state index in [0.717, 1.165) is 5.69 Å². The molecule has 0 unspecified atom stereocenters. The van der Waals surface area contributed by atoms with Crippen molar-refractivity contribution in [1.82, 2.24) is 0 Å². The molecule has 0 radical (unpaired) electrons. The molecule has 0 aromatic heterocycles. The third-order valence-corrected chi connectivity index (χ3v) is 2.94. The highest BCUT2D eigenvalue weighted by molar-refractivity contribution is 6.33. The van der Waals surface area contributed by atoms with Crippen LogP contribution in [-0.2, 0) is 0 Å². The first-order chi connectivity index (χ1) is 9.13. The first kappa shape index (κ1) is 13.1. The molecule has 0 bridgehead atoms. The van der Waals surface area contributed by atoms with Gasteiger partial charge in [-0.15, -0.1) is 0 Å². The van der Waals surface area contributed by atoms with E-state index in [1.165, 1.54) is 0 Å². The SMILES string of the molecule is COc1ccc(Nc2ccc(C#N)cc2Cl)c(N)c1. The van der Waals surface area contributed by atoms with Gasteiger partial charge >= 0.3 is 0 Å². The number of ether oxygens (including phenoxy) is 1. The molecule has 2 aromatic carbocycles. The number of nitriles is 1. The second-order valence-corrected chi connectivity index (χ2v) is 4.29. The number of nitrogen functional groups attached to an aromatic ring is 1. The van der Waals surface area contributed by atoms with Crippen LogP contribution in [-0.4, -0.2) is 7.11 Å². The molecule has 0 heterocycles. The monoisotopic (exact) mass is 273 g/mol. The van der Waals surface area contributed by atoms with E-state index in [-0.39, 0.29) is 0 Å². The summed E-state index contributed by atoms with van der Waals surface area (Å²) >= 11 is 6.09. The molecule has 0 fully saturated rings. The van der Waals surface area contributed by atoms with Crippen molar-refractivity contribution in [2.75, 3.05) is 18.2 Å². The number of rotatable bonds is 3. The van der Waals surface area contributed by atoms with Crippen LogP contribution in [0, 0.1) is 11.3 Å². The Kier molecular flexibility index (Phi) is 3.79. The highest BCUT2D eigenvalue weighted by atomic mass is 35.5. The Morgan fingerprint density at radius 3 is 2.53 bits per heavy atom. The molecule has 0 atom stereocenters. The molecule has 3 N–H and O–H groups in total. The zero-order valence-corrected chi connectivity index (χ0v) is 11.0. The minimum absolute atomic E-state index is 0.467. The van der Waals surface area contributed by atoms with Crippen molar-refractivity contribution in [2.24, 2.45) is 0 Å². The fraction of sp³-hybridized carbons (Fsp3) is 0.0714. The molecular formula is C14H12ClN3O. The average molecular weight is 274 g/mol. The molecule has 0 saturated heterocycles. The number of benzene rings is 2. The van der Waals surface area contributed by atoms with Crippen LogP contribution in [0.3, 0.4) is 0 Å². The number of nitrogens with one attached hydrogen (secondary N) is 1. The summed E-state index contributed by atoms with van der Waals surface area (Å²) in [6.07, 6.45) is 0. The van der Waals surface area contributed by atoms with Gasteiger partial charge in [0.25, 0.3) is 0 Å². The van der Waals surface area contributed by atoms with Crippen LogP contribution in [0.5, 0.6) is 5.75 Å². The molecular weight excluding hydrogens is 262 g/mol. The second kappa shape index (κ2) is 5.51. The molecule has 0 spiro atoms. The number of anilines is 3. The van der Waals surface area contributed by atoms with Gasteiger partial charge in [0.05, 0.1) is 40.8 Å². The standard InChI is InChI=1S/C14H12ClN3O/c1-19-10-3-5-14(12(17)7-10)18-13-4-2-9(8-16)6-11(13)15/h2-7,18H,17H2,1H3. The number of nitrogens with two attached hydrogens (primary N) is 1. The van der Waals surface area contributed by atoms with Gasteiger partial charge in [0.15, 0.2) is 0 Å². The lowest BCUT2D eigenvalue weighted by molar-refractivity contribution is 0.415. The van der Waals surface area contributed by atoms with Crippen LogP contribution in [0.4, 0.5) is 17.1 Å². The normalized spacial score (nSPS) is 9.74. The second-order valence-electron chi connectivity index (χ2n) is 3.88. The fourth-order valence-corrected chi connectivity index (χ4v) is 1.84. The van der Waals surface area contributed by atoms with Gasteiger partial charge in [-0.2, -0.15) is 5.26 Å². The van der Waals surface area contributed by atoms with Crippen LogP contribution in [0.2, 0.25) is 5.02 Å². The third kappa shape index (κ3) is 2.90. The summed E-state index contributed by atoms with van der Waals surface area (Å²) in [6.45, 7) is 0. The molecule has 0 aliphatic carbocycles. The largest absolute Gasteiger partial charge is 0.497 e. The molecule has 2 aromatic rings. The lowest BCUT2D eigenvalue weighted by atomic mass is 10.2. The van der Waals surface area contributed by atoms with Gasteiger partial charge in [0, 0.05) is 6.07 Å². The summed E-state index contributed by atoms with van der Waals surface area (Å²) in [5, 5.41) is 12.4. The number of hydrogen-bond donors (Lipinski definition) is 2. The van der Waals surface area contributed by atoms with Crippen LogP contribution in [0.15, 0.2) is 36.4 Å². The molecule has 0 aliphatic rings. The summed E-state index contributed by atoms with van der Waals surface area (Å²) in [5.41, 5.74) is 8.40. The van der Waals surface area contributed by atoms with Crippen LogP contribution in [0.25, 0.3) is 0 Å². The number of nitrogens with zero attached hydrogens (tertiary/aromatic N) is 1. The Bertz CT molecular complexity index is 650. The summed E-state index contributed by atoms with van der Waals surface area (Å²) in [6, 6.07) is 12.4. The van der Waals surface area contributed by atoms with Crippen molar-refractivity contribution >= 4 is 28.7 Å². The van der Waals surface area contributed by atoms with E-state index in [4.69, 9.17) is 27.3 Å². The van der Waals surface area contributed by atoms with Crippen molar-refractivity contribution in [1.29, 1.82) is 5.26 Å². The summed E-state index contributed by atoms with van der Waals surface area (Å²) in [4.78, 5) is 0. The van der Waals surface area contributed by atoms with E-state index in [1.807, 2.05) is 12.1 Å². The Hall–Kier alpha value is -2.38. The van der Waals surface area contributed by atoms with E-state index in [1.54, 1.807) is 37.4 Å². The zero-order chi connectivity index (χ0) is 13.8. The molecule has 5 heteroatoms. The Balaban J connectivity index is 2.29. The fourth-order valence-electron chi connectivity index (χ4n) is 1.61.